The molecule has 0 aliphatic carbocycles. The maximum atomic E-state index is 5.71. The third-order valence-corrected chi connectivity index (χ3v) is 4.22. The van der Waals surface area contributed by atoms with Crippen LogP contribution in [0.3, 0.4) is 0 Å². The first-order chi connectivity index (χ1) is 10.3. The molecule has 21 heavy (non-hydrogen) atoms. The van der Waals surface area contributed by atoms with Gasteiger partial charge in [0.05, 0.1) is 13.7 Å². The Bertz CT molecular complexity index is 613. The van der Waals surface area contributed by atoms with Crippen LogP contribution in [-0.4, -0.2) is 13.7 Å². The van der Waals surface area contributed by atoms with Crippen LogP contribution in [0.25, 0.3) is 0 Å². The quantitative estimate of drug-likeness (QED) is 0.904. The van der Waals surface area contributed by atoms with Crippen LogP contribution in [0.1, 0.15) is 23.6 Å². The van der Waals surface area contributed by atoms with Gasteiger partial charge in [0.2, 0.25) is 0 Å². The Kier molecular flexibility index (Phi) is 4.46. The summed E-state index contributed by atoms with van der Waals surface area (Å²) in [7, 11) is 1.68. The molecule has 0 aromatic heterocycles. The largest absolute Gasteiger partial charge is 0.497 e. The minimum absolute atomic E-state index is 0.327. The summed E-state index contributed by atoms with van der Waals surface area (Å²) in [6, 6.07) is 14.7. The molecule has 4 heteroatoms. The zero-order chi connectivity index (χ0) is 14.7. The van der Waals surface area contributed by atoms with Gasteiger partial charge in [0.1, 0.15) is 11.5 Å². The third kappa shape index (κ3) is 3.39. The first kappa shape index (κ1) is 14.4. The molecule has 0 fully saturated rings. The van der Waals surface area contributed by atoms with Crippen molar-refractivity contribution in [1.82, 2.24) is 5.32 Å². The molecule has 1 atom stereocenters. The van der Waals surface area contributed by atoms with Crippen molar-refractivity contribution in [3.05, 3.63) is 58.1 Å². The minimum Gasteiger partial charge on any atom is -0.497 e. The second-order valence-electron chi connectivity index (χ2n) is 5.10. The Balaban J connectivity index is 1.70. The lowest BCUT2D eigenvalue weighted by molar-refractivity contribution is 0.252. The van der Waals surface area contributed by atoms with Gasteiger partial charge in [-0.25, -0.2) is 0 Å². The van der Waals surface area contributed by atoms with Crippen molar-refractivity contribution in [3.8, 4) is 11.5 Å². The zero-order valence-electron chi connectivity index (χ0n) is 11.9. The summed E-state index contributed by atoms with van der Waals surface area (Å²) in [6.07, 6.45) is 0.986. The van der Waals surface area contributed by atoms with Gasteiger partial charge < -0.3 is 14.8 Å². The highest BCUT2D eigenvalue weighted by atomic mass is 79.9. The Morgan fingerprint density at radius 3 is 2.81 bits per heavy atom. The second-order valence-corrected chi connectivity index (χ2v) is 6.02. The van der Waals surface area contributed by atoms with Crippen molar-refractivity contribution in [1.29, 1.82) is 0 Å². The second kappa shape index (κ2) is 6.50. The van der Waals surface area contributed by atoms with Crippen LogP contribution >= 0.6 is 15.9 Å². The smallest absolute Gasteiger partial charge is 0.124 e. The molecule has 2 aromatic rings. The van der Waals surface area contributed by atoms with Crippen molar-refractivity contribution >= 4 is 15.9 Å². The first-order valence-corrected chi connectivity index (χ1v) is 7.84. The number of halogens is 1. The Morgan fingerprint density at radius 1 is 1.24 bits per heavy atom. The van der Waals surface area contributed by atoms with E-state index in [0.29, 0.717) is 6.04 Å². The Morgan fingerprint density at radius 2 is 2.05 bits per heavy atom. The highest BCUT2D eigenvalue weighted by Gasteiger charge is 2.21. The molecule has 1 aliphatic heterocycles. The topological polar surface area (TPSA) is 30.5 Å². The van der Waals surface area contributed by atoms with E-state index in [1.807, 2.05) is 24.3 Å². The molecule has 0 saturated carbocycles. The lowest BCUT2D eigenvalue weighted by Crippen LogP contribution is -2.26. The number of rotatable bonds is 4. The molecule has 2 aromatic carbocycles. The number of methoxy groups -OCH3 is 1. The average molecular weight is 348 g/mol. The fraction of sp³-hybridized carbons (Fsp3) is 0.294. The molecule has 0 radical (unpaired) electrons. The van der Waals surface area contributed by atoms with E-state index in [1.165, 1.54) is 11.1 Å². The lowest BCUT2D eigenvalue weighted by Gasteiger charge is -2.27. The van der Waals surface area contributed by atoms with Crippen LogP contribution in [0.2, 0.25) is 0 Å². The van der Waals surface area contributed by atoms with E-state index in [-0.39, 0.29) is 0 Å². The van der Waals surface area contributed by atoms with Crippen molar-refractivity contribution in [2.24, 2.45) is 0 Å². The number of ether oxygens (including phenoxy) is 2. The maximum absolute atomic E-state index is 5.71. The van der Waals surface area contributed by atoms with E-state index in [0.717, 1.165) is 35.5 Å². The van der Waals surface area contributed by atoms with E-state index >= 15 is 0 Å². The zero-order valence-corrected chi connectivity index (χ0v) is 13.5. The number of hydrogen-bond acceptors (Lipinski definition) is 3. The van der Waals surface area contributed by atoms with Gasteiger partial charge in [-0.3, -0.25) is 0 Å². The van der Waals surface area contributed by atoms with Gasteiger partial charge in [-0.05, 0) is 35.9 Å². The van der Waals surface area contributed by atoms with Crippen molar-refractivity contribution in [2.75, 3.05) is 13.7 Å². The fourth-order valence-electron chi connectivity index (χ4n) is 2.56. The normalized spacial score (nSPS) is 17.0. The molecule has 1 aliphatic rings. The van der Waals surface area contributed by atoms with Crippen LogP contribution in [0.4, 0.5) is 0 Å². The molecule has 0 saturated heterocycles. The molecule has 110 valence electrons. The number of hydrogen-bond donors (Lipinski definition) is 1. The fourth-order valence-corrected chi connectivity index (χ4v) is 2.94. The van der Waals surface area contributed by atoms with E-state index in [9.17, 15) is 0 Å². The van der Waals surface area contributed by atoms with Gasteiger partial charge in [-0.15, -0.1) is 0 Å². The van der Waals surface area contributed by atoms with E-state index in [2.05, 4.69) is 39.4 Å². The summed E-state index contributed by atoms with van der Waals surface area (Å²) in [4.78, 5) is 0. The molecule has 0 bridgehead atoms. The van der Waals surface area contributed by atoms with Crippen molar-refractivity contribution in [3.63, 3.8) is 0 Å². The molecule has 1 heterocycles. The molecule has 3 rings (SSSR count). The average Bonchev–Trinajstić information content (AvgIpc) is 2.53. The first-order valence-electron chi connectivity index (χ1n) is 7.05. The Labute approximate surface area is 133 Å². The Hall–Kier alpha value is -1.52. The predicted octanol–water partition coefficient (Wildman–Crippen LogP) is 4.07. The molecule has 0 spiro atoms. The third-order valence-electron chi connectivity index (χ3n) is 3.72. The standard InChI is InChI=1S/C17H18BrNO2/c1-20-14-5-2-12(3-6-14)11-19-16-8-9-21-17-7-4-13(18)10-15(16)17/h2-7,10,16,19H,8-9,11H2,1H3. The van der Waals surface area contributed by atoms with Crippen LogP contribution in [0, 0.1) is 0 Å². The minimum atomic E-state index is 0.327. The molecular weight excluding hydrogens is 330 g/mol. The summed E-state index contributed by atoms with van der Waals surface area (Å²) in [5, 5.41) is 3.62. The lowest BCUT2D eigenvalue weighted by atomic mass is 10.0. The van der Waals surface area contributed by atoms with E-state index in [1.54, 1.807) is 7.11 Å². The van der Waals surface area contributed by atoms with Gasteiger partial charge in [0.25, 0.3) is 0 Å². The number of fused-ring (bicyclic) bond motifs is 1. The van der Waals surface area contributed by atoms with Gasteiger partial charge in [-0.1, -0.05) is 28.1 Å². The maximum Gasteiger partial charge on any atom is 0.124 e. The molecule has 0 amide bonds. The molecular formula is C17H18BrNO2. The summed E-state index contributed by atoms with van der Waals surface area (Å²) in [5.41, 5.74) is 2.47. The SMILES string of the molecule is COc1ccc(CNC2CCOc3ccc(Br)cc32)cc1. The van der Waals surface area contributed by atoms with E-state index in [4.69, 9.17) is 9.47 Å². The highest BCUT2D eigenvalue weighted by Crippen LogP contribution is 2.34. The van der Waals surface area contributed by atoms with Gasteiger partial charge in [0, 0.05) is 29.0 Å². The van der Waals surface area contributed by atoms with Crippen molar-refractivity contribution in [2.45, 2.75) is 19.0 Å². The molecule has 1 unspecified atom stereocenters. The monoisotopic (exact) mass is 347 g/mol. The van der Waals surface area contributed by atoms with Gasteiger partial charge in [-0.2, -0.15) is 0 Å². The van der Waals surface area contributed by atoms with Crippen LogP contribution < -0.4 is 14.8 Å². The summed E-state index contributed by atoms with van der Waals surface area (Å²) in [5.74, 6) is 1.87. The molecule has 1 N–H and O–H groups in total. The predicted molar refractivity (Wildman–Crippen MR) is 86.8 cm³/mol. The van der Waals surface area contributed by atoms with E-state index < -0.39 is 0 Å². The number of benzene rings is 2. The number of nitrogens with one attached hydrogen (secondary N) is 1. The summed E-state index contributed by atoms with van der Waals surface area (Å²) >= 11 is 3.53. The molecule has 3 nitrogen and oxygen atoms in total. The summed E-state index contributed by atoms with van der Waals surface area (Å²) in [6.45, 7) is 1.59. The van der Waals surface area contributed by atoms with Crippen LogP contribution in [-0.2, 0) is 6.54 Å². The highest BCUT2D eigenvalue weighted by molar-refractivity contribution is 9.10. The van der Waals surface area contributed by atoms with Crippen molar-refractivity contribution < 1.29 is 9.47 Å². The van der Waals surface area contributed by atoms with Crippen LogP contribution in [0.5, 0.6) is 11.5 Å². The van der Waals surface area contributed by atoms with Crippen LogP contribution in [0.15, 0.2) is 46.9 Å². The summed E-state index contributed by atoms with van der Waals surface area (Å²) < 4.78 is 12.0. The van der Waals surface area contributed by atoms with Gasteiger partial charge in [0.15, 0.2) is 0 Å². The van der Waals surface area contributed by atoms with Gasteiger partial charge >= 0.3 is 0 Å².